The number of alkyl halides is 3. The van der Waals surface area contributed by atoms with Crippen LogP contribution in [0.1, 0.15) is 31.2 Å². The van der Waals surface area contributed by atoms with Gasteiger partial charge in [-0.3, -0.25) is 0 Å². The Morgan fingerprint density at radius 3 is 2.50 bits per heavy atom. The lowest BCUT2D eigenvalue weighted by atomic mass is 10.0. The zero-order valence-corrected chi connectivity index (χ0v) is 11.1. The molecule has 5 heteroatoms. The van der Waals surface area contributed by atoms with E-state index in [1.165, 1.54) is 17.7 Å². The van der Waals surface area contributed by atoms with Gasteiger partial charge in [0.1, 0.15) is 5.75 Å². The molecule has 0 aliphatic heterocycles. The van der Waals surface area contributed by atoms with E-state index in [9.17, 15) is 13.2 Å². The molecule has 2 N–H and O–H groups in total. The molecule has 2 nitrogen and oxygen atoms in total. The fourth-order valence-corrected chi connectivity index (χ4v) is 2.42. The van der Waals surface area contributed by atoms with Crippen LogP contribution in [0.2, 0.25) is 0 Å². The van der Waals surface area contributed by atoms with Gasteiger partial charge in [0.25, 0.3) is 0 Å². The first kappa shape index (κ1) is 14.9. The van der Waals surface area contributed by atoms with Gasteiger partial charge in [-0.05, 0) is 43.4 Å². The molecular formula is C15H18F3NO. The van der Waals surface area contributed by atoms with Crippen molar-refractivity contribution in [1.29, 1.82) is 0 Å². The van der Waals surface area contributed by atoms with Crippen molar-refractivity contribution < 1.29 is 17.9 Å². The largest absolute Gasteiger partial charge is 0.573 e. The van der Waals surface area contributed by atoms with Crippen molar-refractivity contribution in [1.82, 2.24) is 0 Å². The predicted octanol–water partition coefficient (Wildman–Crippen LogP) is 3.96. The summed E-state index contributed by atoms with van der Waals surface area (Å²) in [5, 5.41) is 0. The summed E-state index contributed by atoms with van der Waals surface area (Å²) in [4.78, 5) is 0. The maximum absolute atomic E-state index is 12.1. The second-order valence-corrected chi connectivity index (χ2v) is 5.10. The smallest absolute Gasteiger partial charge is 0.406 e. The summed E-state index contributed by atoms with van der Waals surface area (Å²) < 4.78 is 40.0. The Balaban J connectivity index is 2.00. The third-order valence-corrected chi connectivity index (χ3v) is 3.32. The molecular weight excluding hydrogens is 267 g/mol. The molecule has 110 valence electrons. The summed E-state index contributed by atoms with van der Waals surface area (Å²) in [5.74, 6) is -0.187. The van der Waals surface area contributed by atoms with Gasteiger partial charge in [0.2, 0.25) is 0 Å². The number of hydrogen-bond donors (Lipinski definition) is 1. The number of halogens is 3. The molecule has 0 amide bonds. The van der Waals surface area contributed by atoms with Gasteiger partial charge in [0, 0.05) is 6.04 Å². The van der Waals surface area contributed by atoms with E-state index in [2.05, 4.69) is 10.8 Å². The van der Waals surface area contributed by atoms with E-state index in [4.69, 9.17) is 5.73 Å². The molecule has 0 saturated heterocycles. The van der Waals surface area contributed by atoms with Gasteiger partial charge in [-0.25, -0.2) is 0 Å². The van der Waals surface area contributed by atoms with E-state index in [0.29, 0.717) is 0 Å². The van der Waals surface area contributed by atoms with Gasteiger partial charge in [-0.2, -0.15) is 0 Å². The highest BCUT2D eigenvalue weighted by Gasteiger charge is 2.30. The second kappa shape index (κ2) is 6.31. The molecule has 0 aromatic heterocycles. The van der Waals surface area contributed by atoms with Crippen molar-refractivity contribution in [3.63, 3.8) is 0 Å². The van der Waals surface area contributed by atoms with E-state index in [0.717, 1.165) is 37.7 Å². The van der Waals surface area contributed by atoms with Crippen LogP contribution in [-0.2, 0) is 6.42 Å². The fraction of sp³-hybridized carbons (Fsp3) is 0.467. The molecule has 20 heavy (non-hydrogen) atoms. The van der Waals surface area contributed by atoms with Crippen LogP contribution in [0, 0.1) is 0 Å². The summed E-state index contributed by atoms with van der Waals surface area (Å²) in [6.07, 6.45) is 2.44. The maximum Gasteiger partial charge on any atom is 0.573 e. The van der Waals surface area contributed by atoms with Crippen molar-refractivity contribution in [3.05, 3.63) is 41.5 Å². The number of ether oxygens (including phenoxy) is 1. The molecule has 1 aromatic carbocycles. The van der Waals surface area contributed by atoms with Gasteiger partial charge >= 0.3 is 6.36 Å². The Bertz CT molecular complexity index is 465. The molecule has 0 heterocycles. The zero-order chi connectivity index (χ0) is 14.6. The first-order valence-electron chi connectivity index (χ1n) is 6.72. The average Bonchev–Trinajstić information content (AvgIpc) is 2.54. The summed E-state index contributed by atoms with van der Waals surface area (Å²) in [6.45, 7) is 0. The lowest BCUT2D eigenvalue weighted by Gasteiger charge is -2.10. The van der Waals surface area contributed by atoms with Crippen molar-refractivity contribution in [2.75, 3.05) is 0 Å². The topological polar surface area (TPSA) is 35.2 Å². The third-order valence-electron chi connectivity index (χ3n) is 3.32. The fourth-order valence-electron chi connectivity index (χ4n) is 2.42. The van der Waals surface area contributed by atoms with Gasteiger partial charge in [0.05, 0.1) is 0 Å². The van der Waals surface area contributed by atoms with Crippen LogP contribution in [0.4, 0.5) is 13.2 Å². The van der Waals surface area contributed by atoms with E-state index >= 15 is 0 Å². The number of allylic oxidation sites excluding steroid dienone is 1. The Morgan fingerprint density at radius 1 is 1.15 bits per heavy atom. The minimum atomic E-state index is -4.64. The number of rotatable bonds is 3. The first-order valence-corrected chi connectivity index (χ1v) is 6.72. The average molecular weight is 285 g/mol. The van der Waals surface area contributed by atoms with Gasteiger partial charge in [-0.1, -0.05) is 30.2 Å². The van der Waals surface area contributed by atoms with Crippen LogP contribution < -0.4 is 10.5 Å². The Kier molecular flexibility index (Phi) is 4.70. The lowest BCUT2D eigenvalue weighted by molar-refractivity contribution is -0.274. The van der Waals surface area contributed by atoms with Gasteiger partial charge < -0.3 is 10.5 Å². The lowest BCUT2D eigenvalue weighted by Crippen LogP contribution is -2.17. The van der Waals surface area contributed by atoms with Crippen LogP contribution in [0.25, 0.3) is 0 Å². The van der Waals surface area contributed by atoms with Crippen LogP contribution in [0.5, 0.6) is 5.75 Å². The monoisotopic (exact) mass is 285 g/mol. The van der Waals surface area contributed by atoms with E-state index in [1.54, 1.807) is 12.1 Å². The van der Waals surface area contributed by atoms with Gasteiger partial charge in [0.15, 0.2) is 0 Å². The van der Waals surface area contributed by atoms with Crippen LogP contribution in [0.3, 0.4) is 0 Å². The summed E-state index contributed by atoms with van der Waals surface area (Å²) in [6, 6.07) is 6.12. The molecule has 1 aliphatic carbocycles. The quantitative estimate of drug-likeness (QED) is 0.853. The van der Waals surface area contributed by atoms with Crippen molar-refractivity contribution in [3.8, 4) is 5.75 Å². The van der Waals surface area contributed by atoms with E-state index in [-0.39, 0.29) is 11.8 Å². The molecule has 0 saturated carbocycles. The van der Waals surface area contributed by atoms with Crippen molar-refractivity contribution in [2.24, 2.45) is 5.73 Å². The molecule has 0 spiro atoms. The Morgan fingerprint density at radius 2 is 1.85 bits per heavy atom. The first-order chi connectivity index (χ1) is 9.42. The molecule has 1 aromatic rings. The van der Waals surface area contributed by atoms with Gasteiger partial charge in [-0.15, -0.1) is 13.2 Å². The highest BCUT2D eigenvalue weighted by atomic mass is 19.4. The summed E-state index contributed by atoms with van der Waals surface area (Å²) >= 11 is 0. The minimum Gasteiger partial charge on any atom is -0.406 e. The molecule has 1 unspecified atom stereocenters. The number of hydrogen-bond acceptors (Lipinski definition) is 2. The minimum absolute atomic E-state index is 0.0975. The molecule has 0 radical (unpaired) electrons. The molecule has 0 bridgehead atoms. The Labute approximate surface area is 116 Å². The summed E-state index contributed by atoms with van der Waals surface area (Å²) in [7, 11) is 0. The normalized spacial score (nSPS) is 20.2. The highest BCUT2D eigenvalue weighted by Crippen LogP contribution is 2.25. The van der Waals surface area contributed by atoms with Crippen LogP contribution in [0.15, 0.2) is 35.9 Å². The third kappa shape index (κ3) is 4.89. The van der Waals surface area contributed by atoms with Crippen molar-refractivity contribution >= 4 is 0 Å². The SMILES string of the molecule is NC1C=C(Cc2ccc(OC(F)(F)F)cc2)CCCC1. The molecule has 2 rings (SSSR count). The molecule has 0 fully saturated rings. The molecule has 1 atom stereocenters. The Hall–Kier alpha value is -1.49. The van der Waals surface area contributed by atoms with Crippen LogP contribution in [-0.4, -0.2) is 12.4 Å². The van der Waals surface area contributed by atoms with E-state index in [1.807, 2.05) is 0 Å². The summed E-state index contributed by atoms with van der Waals surface area (Å²) in [5.41, 5.74) is 8.19. The second-order valence-electron chi connectivity index (χ2n) is 5.10. The maximum atomic E-state index is 12.1. The molecule has 1 aliphatic rings. The number of benzene rings is 1. The van der Waals surface area contributed by atoms with Crippen molar-refractivity contribution in [2.45, 2.75) is 44.5 Å². The van der Waals surface area contributed by atoms with E-state index < -0.39 is 6.36 Å². The zero-order valence-electron chi connectivity index (χ0n) is 11.1. The standard InChI is InChI=1S/C15H18F3NO/c16-15(17,18)20-14-7-5-11(6-8-14)9-12-3-1-2-4-13(19)10-12/h5-8,10,13H,1-4,9,19H2. The predicted molar refractivity (Wildman–Crippen MR) is 71.4 cm³/mol. The highest BCUT2D eigenvalue weighted by molar-refractivity contribution is 5.30. The number of nitrogens with two attached hydrogens (primary N) is 1. The van der Waals surface area contributed by atoms with Crippen LogP contribution >= 0.6 is 0 Å².